The quantitative estimate of drug-likeness (QED) is 0.690. The molecular weight excluding hydrogens is 356 g/mol. The van der Waals surface area contributed by atoms with Crippen molar-refractivity contribution in [2.24, 2.45) is 7.05 Å². The Kier molecular flexibility index (Phi) is 4.58. The predicted molar refractivity (Wildman–Crippen MR) is 104 cm³/mol. The summed E-state index contributed by atoms with van der Waals surface area (Å²) in [6.07, 6.45) is 2.15. The highest BCUT2D eigenvalue weighted by Gasteiger charge is 2.30. The molecule has 1 N–H and O–H groups in total. The molecule has 28 heavy (non-hydrogen) atoms. The Hall–Kier alpha value is -3.22. The van der Waals surface area contributed by atoms with Gasteiger partial charge in [0.05, 0.1) is 23.8 Å². The molecule has 7 nitrogen and oxygen atoms in total. The lowest BCUT2D eigenvalue weighted by atomic mass is 10.0. The number of nitrogens with one attached hydrogen (secondary N) is 1. The van der Waals surface area contributed by atoms with Crippen LogP contribution in [0.2, 0.25) is 0 Å². The van der Waals surface area contributed by atoms with E-state index >= 15 is 0 Å². The third-order valence-electron chi connectivity index (χ3n) is 5.07. The number of carbonyl (C=O) groups excluding carboxylic acids is 2. The van der Waals surface area contributed by atoms with Gasteiger partial charge in [-0.05, 0) is 31.4 Å². The van der Waals surface area contributed by atoms with Crippen molar-refractivity contribution in [1.82, 2.24) is 20.1 Å². The molecule has 0 radical (unpaired) electrons. The standard InChI is InChI=1S/C21H22N4O3/c1-12-17-15(11-16(13-9-10-13)22-19(17)25(2)24-12)20(26)23-18(21(27)28-3)14-7-5-4-6-8-14/h4-8,11,13,18H,9-10H2,1-3H3,(H,23,26)/t18-/m0/s1. The molecule has 0 saturated heterocycles. The molecule has 1 aliphatic rings. The number of carbonyl (C=O) groups is 2. The van der Waals surface area contributed by atoms with E-state index in [4.69, 9.17) is 9.72 Å². The van der Waals surface area contributed by atoms with Gasteiger partial charge < -0.3 is 10.1 Å². The van der Waals surface area contributed by atoms with Gasteiger partial charge >= 0.3 is 5.97 Å². The Labute approximate surface area is 162 Å². The number of amides is 1. The van der Waals surface area contributed by atoms with Crippen LogP contribution in [0.25, 0.3) is 11.0 Å². The minimum absolute atomic E-state index is 0.343. The van der Waals surface area contributed by atoms with Gasteiger partial charge in [0.15, 0.2) is 11.7 Å². The SMILES string of the molecule is COC(=O)[C@@H](NC(=O)c1cc(C2CC2)nc2c1c(C)nn2C)c1ccccc1. The van der Waals surface area contributed by atoms with Gasteiger partial charge in [0.2, 0.25) is 0 Å². The maximum atomic E-state index is 13.2. The first-order valence-corrected chi connectivity index (χ1v) is 9.27. The number of benzene rings is 1. The summed E-state index contributed by atoms with van der Waals surface area (Å²) < 4.78 is 6.61. The highest BCUT2D eigenvalue weighted by Crippen LogP contribution is 2.40. The van der Waals surface area contributed by atoms with E-state index < -0.39 is 12.0 Å². The van der Waals surface area contributed by atoms with Gasteiger partial charge in [-0.1, -0.05) is 30.3 Å². The number of aromatic nitrogens is 3. The van der Waals surface area contributed by atoms with Crippen molar-refractivity contribution in [3.8, 4) is 0 Å². The zero-order valence-corrected chi connectivity index (χ0v) is 16.1. The summed E-state index contributed by atoms with van der Waals surface area (Å²) >= 11 is 0. The zero-order chi connectivity index (χ0) is 19.8. The molecule has 7 heteroatoms. The fourth-order valence-corrected chi connectivity index (χ4v) is 3.48. The van der Waals surface area contributed by atoms with Crippen LogP contribution >= 0.6 is 0 Å². The van der Waals surface area contributed by atoms with Gasteiger partial charge in [-0.3, -0.25) is 9.48 Å². The molecule has 144 valence electrons. The summed E-state index contributed by atoms with van der Waals surface area (Å²) in [4.78, 5) is 30.3. The number of esters is 1. The van der Waals surface area contributed by atoms with Gasteiger partial charge in [-0.15, -0.1) is 0 Å². The van der Waals surface area contributed by atoms with Gasteiger partial charge in [-0.25, -0.2) is 9.78 Å². The van der Waals surface area contributed by atoms with Crippen molar-refractivity contribution in [1.29, 1.82) is 0 Å². The number of rotatable bonds is 5. The normalized spacial score (nSPS) is 14.7. The fraction of sp³-hybridized carbons (Fsp3) is 0.333. The van der Waals surface area contributed by atoms with E-state index in [1.807, 2.05) is 38.2 Å². The van der Waals surface area contributed by atoms with Crippen LogP contribution in [-0.2, 0) is 16.6 Å². The smallest absolute Gasteiger partial charge is 0.333 e. The van der Waals surface area contributed by atoms with Crippen molar-refractivity contribution in [3.63, 3.8) is 0 Å². The first-order chi connectivity index (χ1) is 13.5. The Bertz CT molecular complexity index is 1050. The third kappa shape index (κ3) is 3.24. The molecule has 1 amide bonds. The van der Waals surface area contributed by atoms with Crippen molar-refractivity contribution in [2.45, 2.75) is 31.7 Å². The molecular formula is C21H22N4O3. The molecule has 0 spiro atoms. The van der Waals surface area contributed by atoms with Crippen LogP contribution in [0.3, 0.4) is 0 Å². The lowest BCUT2D eigenvalue weighted by molar-refractivity contribution is -0.143. The average molecular weight is 378 g/mol. The Balaban J connectivity index is 1.76. The number of aryl methyl sites for hydroxylation is 2. The van der Waals surface area contributed by atoms with E-state index in [2.05, 4.69) is 10.4 Å². The van der Waals surface area contributed by atoms with Crippen LogP contribution in [0.4, 0.5) is 0 Å². The van der Waals surface area contributed by atoms with E-state index in [1.54, 1.807) is 16.8 Å². The maximum absolute atomic E-state index is 13.2. The molecule has 0 unspecified atom stereocenters. The van der Waals surface area contributed by atoms with Gasteiger partial charge in [-0.2, -0.15) is 5.10 Å². The average Bonchev–Trinajstić information content (AvgIpc) is 3.52. The number of pyridine rings is 1. The topological polar surface area (TPSA) is 86.1 Å². The van der Waals surface area contributed by atoms with E-state index in [1.165, 1.54) is 7.11 Å². The lowest BCUT2D eigenvalue weighted by Gasteiger charge is -2.17. The van der Waals surface area contributed by atoms with E-state index in [-0.39, 0.29) is 5.91 Å². The zero-order valence-electron chi connectivity index (χ0n) is 16.1. The second-order valence-electron chi connectivity index (χ2n) is 7.12. The Morgan fingerprint density at radius 2 is 1.96 bits per heavy atom. The Morgan fingerprint density at radius 3 is 2.61 bits per heavy atom. The lowest BCUT2D eigenvalue weighted by Crippen LogP contribution is -2.34. The largest absolute Gasteiger partial charge is 0.467 e. The third-order valence-corrected chi connectivity index (χ3v) is 5.07. The number of ether oxygens (including phenoxy) is 1. The monoisotopic (exact) mass is 378 g/mol. The second kappa shape index (κ2) is 7.07. The number of nitrogens with zero attached hydrogens (tertiary/aromatic N) is 3. The van der Waals surface area contributed by atoms with Crippen molar-refractivity contribution in [3.05, 3.63) is 58.9 Å². The minimum Gasteiger partial charge on any atom is -0.467 e. The molecule has 0 bridgehead atoms. The highest BCUT2D eigenvalue weighted by atomic mass is 16.5. The molecule has 1 saturated carbocycles. The number of methoxy groups -OCH3 is 1. The van der Waals surface area contributed by atoms with Gasteiger partial charge in [0.1, 0.15) is 0 Å². The molecule has 4 rings (SSSR count). The summed E-state index contributed by atoms with van der Waals surface area (Å²) in [7, 11) is 3.13. The van der Waals surface area contributed by atoms with Crippen molar-refractivity contribution < 1.29 is 14.3 Å². The van der Waals surface area contributed by atoms with Crippen molar-refractivity contribution >= 4 is 22.9 Å². The predicted octanol–water partition coefficient (Wildman–Crippen LogP) is 2.80. The van der Waals surface area contributed by atoms with Crippen LogP contribution in [0.15, 0.2) is 36.4 Å². The molecule has 2 aromatic heterocycles. The molecule has 2 heterocycles. The molecule has 1 atom stereocenters. The summed E-state index contributed by atoms with van der Waals surface area (Å²) in [5.41, 5.74) is 3.46. The van der Waals surface area contributed by atoms with Gasteiger partial charge in [0, 0.05) is 18.7 Å². The number of fused-ring (bicyclic) bond motifs is 1. The van der Waals surface area contributed by atoms with Crippen LogP contribution in [-0.4, -0.2) is 33.8 Å². The fourth-order valence-electron chi connectivity index (χ4n) is 3.48. The molecule has 1 aromatic carbocycles. The first kappa shape index (κ1) is 18.2. The first-order valence-electron chi connectivity index (χ1n) is 9.27. The second-order valence-corrected chi connectivity index (χ2v) is 7.12. The van der Waals surface area contributed by atoms with E-state index in [0.717, 1.165) is 24.2 Å². The highest BCUT2D eigenvalue weighted by molar-refractivity contribution is 6.07. The maximum Gasteiger partial charge on any atom is 0.333 e. The van der Waals surface area contributed by atoms with Crippen LogP contribution in [0.5, 0.6) is 0 Å². The number of hydrogen-bond acceptors (Lipinski definition) is 5. The summed E-state index contributed by atoms with van der Waals surface area (Å²) in [5, 5.41) is 7.97. The van der Waals surface area contributed by atoms with Crippen LogP contribution < -0.4 is 5.32 Å². The summed E-state index contributed by atoms with van der Waals surface area (Å²) in [6, 6.07) is 10.0. The van der Waals surface area contributed by atoms with Crippen LogP contribution in [0.1, 0.15) is 52.1 Å². The van der Waals surface area contributed by atoms with Crippen molar-refractivity contribution in [2.75, 3.05) is 7.11 Å². The number of hydrogen-bond donors (Lipinski definition) is 1. The van der Waals surface area contributed by atoms with Gasteiger partial charge in [0.25, 0.3) is 5.91 Å². The molecule has 1 fully saturated rings. The molecule has 3 aromatic rings. The van der Waals surface area contributed by atoms with E-state index in [9.17, 15) is 9.59 Å². The summed E-state index contributed by atoms with van der Waals surface area (Å²) in [6.45, 7) is 1.85. The minimum atomic E-state index is -0.886. The van der Waals surface area contributed by atoms with E-state index in [0.29, 0.717) is 28.1 Å². The Morgan fingerprint density at radius 1 is 1.25 bits per heavy atom. The molecule has 1 aliphatic carbocycles. The summed E-state index contributed by atoms with van der Waals surface area (Å²) in [5.74, 6) is -0.475. The van der Waals surface area contributed by atoms with Crippen LogP contribution in [0, 0.1) is 6.92 Å². The molecule has 0 aliphatic heterocycles.